The molecule has 0 saturated carbocycles. The standard InChI is InChI=1S/C21H26N4O5S2.ClH/c26-19(23-27)21(8-14-30-15-9-21)32(28,29)25-12-10-24(11-13-25)20-22-16-18(31-20)7-6-17-4-2-1-3-5-17;/h1-7,16,27H,8-15H2,(H,23,26);1H/b7-6+;. The van der Waals surface area contributed by atoms with Crippen LogP contribution in [0.3, 0.4) is 0 Å². The van der Waals surface area contributed by atoms with Crippen molar-refractivity contribution in [2.45, 2.75) is 17.6 Å². The molecule has 0 bridgehead atoms. The lowest BCUT2D eigenvalue weighted by Crippen LogP contribution is -2.62. The lowest BCUT2D eigenvalue weighted by Gasteiger charge is -2.41. The van der Waals surface area contributed by atoms with E-state index in [1.54, 1.807) is 16.8 Å². The van der Waals surface area contributed by atoms with Gasteiger partial charge in [0.15, 0.2) is 9.88 Å². The average molecular weight is 515 g/mol. The molecule has 4 rings (SSSR count). The first-order valence-corrected chi connectivity index (χ1v) is 12.7. The Labute approximate surface area is 203 Å². The van der Waals surface area contributed by atoms with Crippen LogP contribution in [0.2, 0.25) is 0 Å². The molecule has 2 N–H and O–H groups in total. The second kappa shape index (κ2) is 10.9. The van der Waals surface area contributed by atoms with Gasteiger partial charge in [0.05, 0.1) is 0 Å². The molecule has 3 heterocycles. The molecule has 2 aliphatic heterocycles. The van der Waals surface area contributed by atoms with Crippen molar-refractivity contribution in [3.8, 4) is 0 Å². The monoisotopic (exact) mass is 514 g/mol. The van der Waals surface area contributed by atoms with Crippen LogP contribution in [-0.4, -0.2) is 73.0 Å². The van der Waals surface area contributed by atoms with E-state index in [4.69, 9.17) is 4.74 Å². The van der Waals surface area contributed by atoms with E-state index in [1.165, 1.54) is 4.31 Å². The number of aromatic nitrogens is 1. The summed E-state index contributed by atoms with van der Waals surface area (Å²) in [6, 6.07) is 10.0. The third-order valence-corrected chi connectivity index (χ3v) is 9.56. The summed E-state index contributed by atoms with van der Waals surface area (Å²) in [4.78, 5) is 19.9. The molecule has 0 radical (unpaired) electrons. The molecular formula is C21H27ClN4O5S2. The number of piperazine rings is 1. The lowest BCUT2D eigenvalue weighted by atomic mass is 9.98. The van der Waals surface area contributed by atoms with Gasteiger partial charge in [-0.25, -0.2) is 18.9 Å². The van der Waals surface area contributed by atoms with Crippen molar-refractivity contribution in [1.82, 2.24) is 14.8 Å². The Morgan fingerprint density at radius 1 is 1.12 bits per heavy atom. The fourth-order valence-electron chi connectivity index (χ4n) is 4.01. The number of carbonyl (C=O) groups excluding carboxylic acids is 1. The van der Waals surface area contributed by atoms with Crippen molar-refractivity contribution in [2.75, 3.05) is 44.3 Å². The highest BCUT2D eigenvalue weighted by molar-refractivity contribution is 7.91. The van der Waals surface area contributed by atoms with Crippen molar-refractivity contribution in [2.24, 2.45) is 0 Å². The predicted molar refractivity (Wildman–Crippen MR) is 130 cm³/mol. The topological polar surface area (TPSA) is 112 Å². The molecule has 1 aromatic heterocycles. The summed E-state index contributed by atoms with van der Waals surface area (Å²) in [6.07, 6.45) is 5.89. The van der Waals surface area contributed by atoms with Crippen molar-refractivity contribution < 1.29 is 23.2 Å². The van der Waals surface area contributed by atoms with Gasteiger partial charge in [-0.05, 0) is 11.6 Å². The first kappa shape index (κ1) is 25.6. The summed E-state index contributed by atoms with van der Waals surface area (Å²) in [5.41, 5.74) is 2.66. The molecular weight excluding hydrogens is 488 g/mol. The number of rotatable bonds is 6. The molecule has 0 atom stereocenters. The summed E-state index contributed by atoms with van der Waals surface area (Å²) >= 11 is 1.55. The fourth-order valence-corrected chi connectivity index (χ4v) is 6.98. The van der Waals surface area contributed by atoms with Gasteiger partial charge in [-0.15, -0.1) is 12.4 Å². The van der Waals surface area contributed by atoms with Crippen LogP contribution in [0.5, 0.6) is 0 Å². The van der Waals surface area contributed by atoms with Gasteiger partial charge in [0.25, 0.3) is 5.91 Å². The molecule has 1 amide bonds. The van der Waals surface area contributed by atoms with Crippen LogP contribution in [0, 0.1) is 0 Å². The molecule has 33 heavy (non-hydrogen) atoms. The Morgan fingerprint density at radius 3 is 2.42 bits per heavy atom. The van der Waals surface area contributed by atoms with Crippen LogP contribution in [-0.2, 0) is 19.6 Å². The highest BCUT2D eigenvalue weighted by Crippen LogP contribution is 2.34. The minimum absolute atomic E-state index is 0. The average Bonchev–Trinajstić information content (AvgIpc) is 3.32. The molecule has 180 valence electrons. The first-order valence-electron chi connectivity index (χ1n) is 10.4. The quantitative estimate of drug-likeness (QED) is 0.449. The van der Waals surface area contributed by atoms with Crippen LogP contribution in [0.4, 0.5) is 5.13 Å². The van der Waals surface area contributed by atoms with E-state index in [-0.39, 0.29) is 51.6 Å². The zero-order chi connectivity index (χ0) is 22.6. The Kier molecular flexibility index (Phi) is 8.48. The minimum atomic E-state index is -3.97. The fraction of sp³-hybridized carbons (Fsp3) is 0.429. The van der Waals surface area contributed by atoms with Gasteiger partial charge >= 0.3 is 0 Å². The van der Waals surface area contributed by atoms with Gasteiger partial charge < -0.3 is 9.64 Å². The number of hydrogen-bond acceptors (Lipinski definition) is 8. The third-order valence-electron chi connectivity index (χ3n) is 5.91. The molecule has 0 unspecified atom stereocenters. The number of hydroxylamine groups is 1. The van der Waals surface area contributed by atoms with Crippen LogP contribution in [0.1, 0.15) is 23.3 Å². The second-order valence-electron chi connectivity index (χ2n) is 7.73. The van der Waals surface area contributed by atoms with Gasteiger partial charge in [0, 0.05) is 63.3 Å². The summed E-state index contributed by atoms with van der Waals surface area (Å²) in [6.45, 7) is 1.76. The molecule has 1 aromatic carbocycles. The summed E-state index contributed by atoms with van der Waals surface area (Å²) in [7, 11) is -3.97. The van der Waals surface area contributed by atoms with Gasteiger partial charge in [-0.1, -0.05) is 47.7 Å². The van der Waals surface area contributed by atoms with Crippen molar-refractivity contribution >= 4 is 57.0 Å². The van der Waals surface area contributed by atoms with Gasteiger partial charge in [0.2, 0.25) is 10.0 Å². The number of nitrogens with zero attached hydrogens (tertiary/aromatic N) is 3. The van der Waals surface area contributed by atoms with Crippen LogP contribution < -0.4 is 10.4 Å². The Balaban J connectivity index is 0.00000306. The number of sulfonamides is 1. The SMILES string of the molecule is Cl.O=C(NO)C1(S(=O)(=O)N2CCN(c3ncc(/C=C/c4ccccc4)s3)CC2)CCOCC1. The van der Waals surface area contributed by atoms with Gasteiger partial charge in [-0.3, -0.25) is 10.0 Å². The Hall–Kier alpha value is -2.02. The smallest absolute Gasteiger partial charge is 0.266 e. The number of hydrogen-bond donors (Lipinski definition) is 2. The largest absolute Gasteiger partial charge is 0.381 e. The molecule has 12 heteroatoms. The van der Waals surface area contributed by atoms with Crippen molar-refractivity contribution in [3.63, 3.8) is 0 Å². The number of amides is 1. The number of nitrogens with one attached hydrogen (secondary N) is 1. The maximum absolute atomic E-state index is 13.4. The number of thiazole rings is 1. The third kappa shape index (κ3) is 5.23. The predicted octanol–water partition coefficient (Wildman–Crippen LogP) is 2.24. The van der Waals surface area contributed by atoms with Gasteiger partial charge in [0.1, 0.15) is 0 Å². The Morgan fingerprint density at radius 2 is 1.79 bits per heavy atom. The van der Waals surface area contributed by atoms with Crippen molar-refractivity contribution in [3.05, 3.63) is 47.0 Å². The highest BCUT2D eigenvalue weighted by atomic mass is 35.5. The number of halogens is 1. The van der Waals surface area contributed by atoms with Gasteiger partial charge in [-0.2, -0.15) is 4.31 Å². The van der Waals surface area contributed by atoms with Crippen LogP contribution >= 0.6 is 23.7 Å². The summed E-state index contributed by atoms with van der Waals surface area (Å²) in [5, 5.41) is 10.0. The molecule has 0 aliphatic carbocycles. The van der Waals surface area contributed by atoms with E-state index in [0.717, 1.165) is 15.6 Å². The van der Waals surface area contributed by atoms with E-state index in [2.05, 4.69) is 9.88 Å². The van der Waals surface area contributed by atoms with E-state index in [0.29, 0.717) is 13.1 Å². The number of benzene rings is 1. The molecule has 2 aromatic rings. The summed E-state index contributed by atoms with van der Waals surface area (Å²) < 4.78 is 31.7. The molecule has 2 saturated heterocycles. The van der Waals surface area contributed by atoms with E-state index >= 15 is 0 Å². The maximum atomic E-state index is 13.4. The minimum Gasteiger partial charge on any atom is -0.381 e. The number of anilines is 1. The molecule has 2 fully saturated rings. The van der Waals surface area contributed by atoms with Crippen LogP contribution in [0.15, 0.2) is 36.5 Å². The molecule has 0 spiro atoms. The second-order valence-corrected chi connectivity index (χ2v) is 11.0. The summed E-state index contributed by atoms with van der Waals surface area (Å²) in [5.74, 6) is -0.891. The normalized spacial score (nSPS) is 19.2. The van der Waals surface area contributed by atoms with E-state index in [9.17, 15) is 18.4 Å². The first-order chi connectivity index (χ1) is 15.5. The zero-order valence-electron chi connectivity index (χ0n) is 17.9. The molecule has 9 nitrogen and oxygen atoms in total. The van der Waals surface area contributed by atoms with Crippen LogP contribution in [0.25, 0.3) is 12.2 Å². The zero-order valence-corrected chi connectivity index (χ0v) is 20.4. The maximum Gasteiger partial charge on any atom is 0.266 e. The number of ether oxygens (including phenoxy) is 1. The Bertz CT molecular complexity index is 1060. The van der Waals surface area contributed by atoms with E-state index in [1.807, 2.05) is 48.7 Å². The van der Waals surface area contributed by atoms with E-state index < -0.39 is 20.7 Å². The number of carbonyl (C=O) groups is 1. The van der Waals surface area contributed by atoms with Crippen molar-refractivity contribution in [1.29, 1.82) is 0 Å². The molecule has 2 aliphatic rings. The lowest BCUT2D eigenvalue weighted by molar-refractivity contribution is -0.134. The highest BCUT2D eigenvalue weighted by Gasteiger charge is 2.54.